The van der Waals surface area contributed by atoms with Gasteiger partial charge in [-0.15, -0.1) is 0 Å². The van der Waals surface area contributed by atoms with Crippen LogP contribution in [0, 0.1) is 0 Å². The number of thiazole rings is 1. The van der Waals surface area contributed by atoms with E-state index in [1.165, 1.54) is 16.7 Å². The first kappa shape index (κ1) is 17.7. The fourth-order valence-corrected chi connectivity index (χ4v) is 4.79. The van der Waals surface area contributed by atoms with Gasteiger partial charge in [-0.25, -0.2) is 13.1 Å². The van der Waals surface area contributed by atoms with E-state index >= 15 is 0 Å². The average molecular weight is 378 g/mol. The summed E-state index contributed by atoms with van der Waals surface area (Å²) in [5.41, 5.74) is 1.55. The maximum atomic E-state index is 12.7. The van der Waals surface area contributed by atoms with E-state index < -0.39 is 16.1 Å². The number of hydrogen-bond acceptors (Lipinski definition) is 5. The zero-order chi connectivity index (χ0) is 18.2. The van der Waals surface area contributed by atoms with Crippen molar-refractivity contribution < 1.29 is 13.2 Å². The number of aromatic nitrogens is 1. The summed E-state index contributed by atoms with van der Waals surface area (Å²) >= 11 is 1.03. The summed E-state index contributed by atoms with van der Waals surface area (Å²) in [6.07, 6.45) is 0. The number of benzene rings is 2. The lowest BCUT2D eigenvalue weighted by Gasteiger charge is -2.15. The van der Waals surface area contributed by atoms with Gasteiger partial charge in [-0.3, -0.25) is 4.79 Å². The molecule has 8 heteroatoms. The summed E-state index contributed by atoms with van der Waals surface area (Å²) < 4.78 is 35.2. The molecule has 0 bridgehead atoms. The van der Waals surface area contributed by atoms with Crippen molar-refractivity contribution in [1.29, 1.82) is 0 Å². The summed E-state index contributed by atoms with van der Waals surface area (Å²) in [5, 5.41) is 0. The van der Waals surface area contributed by atoms with Crippen molar-refractivity contribution in [2.24, 2.45) is 7.05 Å². The van der Waals surface area contributed by atoms with Crippen LogP contribution < -0.4 is 14.3 Å². The molecule has 0 unspecified atom stereocenters. The maximum Gasteiger partial charge on any atom is 0.307 e. The molecule has 0 saturated carbocycles. The van der Waals surface area contributed by atoms with Gasteiger partial charge in [0.2, 0.25) is 10.0 Å². The van der Waals surface area contributed by atoms with E-state index in [-0.39, 0.29) is 9.77 Å². The molecule has 1 aromatic heterocycles. The number of methoxy groups -OCH3 is 1. The predicted molar refractivity (Wildman–Crippen MR) is 98.8 cm³/mol. The summed E-state index contributed by atoms with van der Waals surface area (Å²) in [4.78, 5) is 11.7. The van der Waals surface area contributed by atoms with E-state index in [9.17, 15) is 13.2 Å². The Morgan fingerprint density at radius 1 is 1.16 bits per heavy atom. The van der Waals surface area contributed by atoms with E-state index in [2.05, 4.69) is 4.72 Å². The van der Waals surface area contributed by atoms with Gasteiger partial charge in [0, 0.05) is 13.1 Å². The standard InChI is InChI=1S/C17H18N2O4S2/c1-11(12-4-6-13(23-3)7-5-12)18-25(21,22)14-8-9-15-16(10-14)24-17(20)19(15)2/h4-11,18H,1-3H3/t11-/m0/s1. The van der Waals surface area contributed by atoms with Crippen LogP contribution in [0.2, 0.25) is 0 Å². The van der Waals surface area contributed by atoms with Crippen LogP contribution in [0.1, 0.15) is 18.5 Å². The highest BCUT2D eigenvalue weighted by atomic mass is 32.2. The molecular weight excluding hydrogens is 360 g/mol. The molecular formula is C17H18N2O4S2. The van der Waals surface area contributed by atoms with Crippen molar-refractivity contribution in [3.63, 3.8) is 0 Å². The van der Waals surface area contributed by atoms with Crippen molar-refractivity contribution in [2.45, 2.75) is 17.9 Å². The molecule has 1 N–H and O–H groups in total. The van der Waals surface area contributed by atoms with Gasteiger partial charge < -0.3 is 9.30 Å². The smallest absolute Gasteiger partial charge is 0.307 e. The molecule has 0 fully saturated rings. The number of hydrogen-bond donors (Lipinski definition) is 1. The molecule has 1 heterocycles. The van der Waals surface area contributed by atoms with E-state index in [0.29, 0.717) is 10.4 Å². The van der Waals surface area contributed by atoms with Crippen LogP contribution in [-0.2, 0) is 17.1 Å². The van der Waals surface area contributed by atoms with Crippen LogP contribution in [0.4, 0.5) is 0 Å². The summed E-state index contributed by atoms with van der Waals surface area (Å²) in [6.45, 7) is 1.78. The molecule has 0 amide bonds. The first-order valence-electron chi connectivity index (χ1n) is 7.57. The van der Waals surface area contributed by atoms with Crippen molar-refractivity contribution in [3.05, 3.63) is 57.7 Å². The van der Waals surface area contributed by atoms with Crippen molar-refractivity contribution in [3.8, 4) is 5.75 Å². The first-order chi connectivity index (χ1) is 11.8. The second kappa shape index (κ2) is 6.62. The van der Waals surface area contributed by atoms with E-state index in [1.807, 2.05) is 12.1 Å². The normalized spacial score (nSPS) is 13.1. The quantitative estimate of drug-likeness (QED) is 0.740. The third kappa shape index (κ3) is 3.46. The zero-order valence-corrected chi connectivity index (χ0v) is 15.6. The predicted octanol–water partition coefficient (Wildman–Crippen LogP) is 2.65. The molecule has 0 aliphatic carbocycles. The van der Waals surface area contributed by atoms with Crippen LogP contribution >= 0.6 is 11.3 Å². The summed E-state index contributed by atoms with van der Waals surface area (Å²) in [7, 11) is -0.460. The van der Waals surface area contributed by atoms with Gasteiger partial charge in [-0.05, 0) is 42.8 Å². The van der Waals surface area contributed by atoms with Gasteiger partial charge in [0.25, 0.3) is 0 Å². The van der Waals surface area contributed by atoms with E-state index in [1.54, 1.807) is 39.3 Å². The van der Waals surface area contributed by atoms with E-state index in [0.717, 1.165) is 22.4 Å². The van der Waals surface area contributed by atoms with Gasteiger partial charge >= 0.3 is 4.87 Å². The minimum absolute atomic E-state index is 0.121. The number of sulfonamides is 1. The summed E-state index contributed by atoms with van der Waals surface area (Å²) in [5.74, 6) is 0.711. The Morgan fingerprint density at radius 2 is 1.84 bits per heavy atom. The number of ether oxygens (including phenoxy) is 1. The van der Waals surface area contributed by atoms with Gasteiger partial charge in [-0.1, -0.05) is 23.5 Å². The minimum atomic E-state index is -3.70. The topological polar surface area (TPSA) is 77.4 Å². The Morgan fingerprint density at radius 3 is 2.48 bits per heavy atom. The Hall–Kier alpha value is -2.16. The highest BCUT2D eigenvalue weighted by Gasteiger charge is 2.19. The molecule has 2 aromatic carbocycles. The lowest BCUT2D eigenvalue weighted by atomic mass is 10.1. The first-order valence-corrected chi connectivity index (χ1v) is 9.87. The van der Waals surface area contributed by atoms with Crippen molar-refractivity contribution >= 4 is 31.6 Å². The largest absolute Gasteiger partial charge is 0.497 e. The third-order valence-corrected chi connectivity index (χ3v) is 6.56. The molecule has 1 atom stereocenters. The molecule has 3 aromatic rings. The monoisotopic (exact) mass is 378 g/mol. The number of nitrogens with zero attached hydrogens (tertiary/aromatic N) is 1. The molecule has 0 spiro atoms. The highest BCUT2D eigenvalue weighted by Crippen LogP contribution is 2.23. The maximum absolute atomic E-state index is 12.7. The van der Waals surface area contributed by atoms with Gasteiger partial charge in [0.15, 0.2) is 0 Å². The molecule has 0 aliphatic heterocycles. The Labute approximate surface area is 149 Å². The number of nitrogens with one attached hydrogen (secondary N) is 1. The van der Waals surface area contributed by atoms with Crippen LogP contribution in [0.25, 0.3) is 10.2 Å². The van der Waals surface area contributed by atoms with Crippen LogP contribution in [0.5, 0.6) is 5.75 Å². The second-order valence-electron chi connectivity index (χ2n) is 5.67. The minimum Gasteiger partial charge on any atom is -0.497 e. The Kier molecular flexibility index (Phi) is 4.68. The molecule has 132 valence electrons. The number of fused-ring (bicyclic) bond motifs is 1. The number of aryl methyl sites for hydroxylation is 1. The molecule has 0 radical (unpaired) electrons. The lowest BCUT2D eigenvalue weighted by molar-refractivity contribution is 0.414. The highest BCUT2D eigenvalue weighted by molar-refractivity contribution is 7.89. The lowest BCUT2D eigenvalue weighted by Crippen LogP contribution is -2.26. The van der Waals surface area contributed by atoms with Gasteiger partial charge in [0.1, 0.15) is 5.75 Å². The zero-order valence-electron chi connectivity index (χ0n) is 14.0. The fraction of sp³-hybridized carbons (Fsp3) is 0.235. The number of rotatable bonds is 5. The average Bonchev–Trinajstić information content (AvgIpc) is 2.88. The third-order valence-electron chi connectivity index (χ3n) is 4.02. The molecule has 0 aliphatic rings. The molecule has 0 saturated heterocycles. The SMILES string of the molecule is COc1ccc([C@H](C)NS(=O)(=O)c2ccc3c(c2)sc(=O)n3C)cc1. The van der Waals surface area contributed by atoms with Gasteiger partial charge in [-0.2, -0.15) is 0 Å². The van der Waals surface area contributed by atoms with E-state index in [4.69, 9.17) is 4.74 Å². The van der Waals surface area contributed by atoms with Crippen LogP contribution in [-0.4, -0.2) is 20.1 Å². The van der Waals surface area contributed by atoms with Crippen LogP contribution in [0.3, 0.4) is 0 Å². The molecule has 25 heavy (non-hydrogen) atoms. The summed E-state index contributed by atoms with van der Waals surface area (Å²) in [6, 6.07) is 11.5. The van der Waals surface area contributed by atoms with Crippen molar-refractivity contribution in [1.82, 2.24) is 9.29 Å². The second-order valence-corrected chi connectivity index (χ2v) is 8.38. The Balaban J connectivity index is 1.89. The molecule has 3 rings (SSSR count). The molecule has 6 nitrogen and oxygen atoms in total. The van der Waals surface area contributed by atoms with Crippen molar-refractivity contribution in [2.75, 3.05) is 7.11 Å². The van der Waals surface area contributed by atoms with Gasteiger partial charge in [0.05, 0.1) is 22.2 Å². The van der Waals surface area contributed by atoms with Crippen LogP contribution in [0.15, 0.2) is 52.2 Å². The Bertz CT molecular complexity index is 1070. The fourth-order valence-electron chi connectivity index (χ4n) is 2.54.